The third kappa shape index (κ3) is 1.92. The number of carbonyl (C=O) groups is 1. The molecule has 5 heteroatoms. The SMILES string of the molecule is Nn1cccc1C(=O)c1ccc(Cl)cc1Cl. The summed E-state index contributed by atoms with van der Waals surface area (Å²) >= 11 is 11.7. The van der Waals surface area contributed by atoms with Gasteiger partial charge in [0.1, 0.15) is 5.69 Å². The Morgan fingerprint density at radius 2 is 2.00 bits per heavy atom. The number of benzene rings is 1. The molecule has 0 radical (unpaired) electrons. The Kier molecular flexibility index (Phi) is 2.90. The third-order valence-electron chi connectivity index (χ3n) is 2.19. The molecule has 0 amide bonds. The molecule has 0 unspecified atom stereocenters. The second-order valence-electron chi connectivity index (χ2n) is 3.25. The number of hydrogen-bond donors (Lipinski definition) is 1. The Balaban J connectivity index is 2.46. The van der Waals surface area contributed by atoms with Crippen LogP contribution in [0.5, 0.6) is 0 Å². The molecule has 16 heavy (non-hydrogen) atoms. The molecule has 0 aliphatic heterocycles. The molecule has 0 saturated carbocycles. The van der Waals surface area contributed by atoms with E-state index >= 15 is 0 Å². The van der Waals surface area contributed by atoms with E-state index in [1.807, 2.05) is 0 Å². The largest absolute Gasteiger partial charge is 0.339 e. The standard InChI is InChI=1S/C11H8Cl2N2O/c12-7-3-4-8(9(13)6-7)11(16)10-2-1-5-15(10)14/h1-6H,14H2. The van der Waals surface area contributed by atoms with Crippen LogP contribution in [-0.4, -0.2) is 10.5 Å². The first-order valence-corrected chi connectivity index (χ1v) is 5.27. The number of ketones is 1. The zero-order chi connectivity index (χ0) is 11.7. The molecule has 82 valence electrons. The zero-order valence-electron chi connectivity index (χ0n) is 8.15. The summed E-state index contributed by atoms with van der Waals surface area (Å²) in [6.45, 7) is 0. The predicted molar refractivity (Wildman–Crippen MR) is 64.5 cm³/mol. The Morgan fingerprint density at radius 1 is 1.25 bits per heavy atom. The molecule has 1 heterocycles. The van der Waals surface area contributed by atoms with E-state index in [2.05, 4.69) is 0 Å². The number of hydrogen-bond acceptors (Lipinski definition) is 2. The van der Waals surface area contributed by atoms with Crippen molar-refractivity contribution in [1.29, 1.82) is 0 Å². The van der Waals surface area contributed by atoms with Gasteiger partial charge >= 0.3 is 0 Å². The Hall–Kier alpha value is -1.45. The van der Waals surface area contributed by atoms with Crippen molar-refractivity contribution in [3.05, 3.63) is 57.8 Å². The lowest BCUT2D eigenvalue weighted by Gasteiger charge is -2.04. The molecule has 0 fully saturated rings. The number of nitrogens with two attached hydrogens (primary N) is 1. The number of nitrogen functional groups attached to an aromatic ring is 1. The summed E-state index contributed by atoms with van der Waals surface area (Å²) in [6, 6.07) is 8.05. The molecular formula is C11H8Cl2N2O. The first kappa shape index (κ1) is 11.0. The van der Waals surface area contributed by atoms with E-state index in [1.54, 1.807) is 30.5 Å². The van der Waals surface area contributed by atoms with Gasteiger partial charge in [-0.05, 0) is 30.3 Å². The molecule has 0 spiro atoms. The molecule has 0 bridgehead atoms. The van der Waals surface area contributed by atoms with Crippen LogP contribution in [0.3, 0.4) is 0 Å². The van der Waals surface area contributed by atoms with Crippen molar-refractivity contribution < 1.29 is 4.79 Å². The van der Waals surface area contributed by atoms with Crippen molar-refractivity contribution in [3.63, 3.8) is 0 Å². The van der Waals surface area contributed by atoms with Crippen LogP contribution in [0.25, 0.3) is 0 Å². The minimum atomic E-state index is -0.228. The molecule has 1 aromatic carbocycles. The molecule has 1 aromatic heterocycles. The first-order chi connectivity index (χ1) is 7.59. The fourth-order valence-corrected chi connectivity index (χ4v) is 1.89. The highest BCUT2D eigenvalue weighted by atomic mass is 35.5. The minimum absolute atomic E-state index is 0.228. The molecule has 3 nitrogen and oxygen atoms in total. The summed E-state index contributed by atoms with van der Waals surface area (Å²) in [5, 5.41) is 0.809. The van der Waals surface area contributed by atoms with Crippen LogP contribution in [0.2, 0.25) is 10.0 Å². The van der Waals surface area contributed by atoms with E-state index in [0.29, 0.717) is 21.3 Å². The monoisotopic (exact) mass is 254 g/mol. The van der Waals surface area contributed by atoms with Gasteiger partial charge < -0.3 is 5.84 Å². The van der Waals surface area contributed by atoms with Crippen LogP contribution in [0.15, 0.2) is 36.5 Å². The normalized spacial score (nSPS) is 10.4. The van der Waals surface area contributed by atoms with Gasteiger partial charge in [-0.1, -0.05) is 23.2 Å². The molecule has 0 aliphatic rings. The van der Waals surface area contributed by atoms with Gasteiger partial charge in [-0.3, -0.25) is 9.47 Å². The summed E-state index contributed by atoms with van der Waals surface area (Å²) in [7, 11) is 0. The average molecular weight is 255 g/mol. The first-order valence-electron chi connectivity index (χ1n) is 4.52. The van der Waals surface area contributed by atoms with Gasteiger partial charge in [0.2, 0.25) is 5.78 Å². The molecule has 0 aliphatic carbocycles. The van der Waals surface area contributed by atoms with E-state index in [0.717, 1.165) is 0 Å². The van der Waals surface area contributed by atoms with Crippen molar-refractivity contribution in [2.75, 3.05) is 5.84 Å². The second kappa shape index (κ2) is 4.20. The van der Waals surface area contributed by atoms with E-state index in [1.165, 1.54) is 10.7 Å². The van der Waals surface area contributed by atoms with Crippen LogP contribution in [0.4, 0.5) is 0 Å². The van der Waals surface area contributed by atoms with E-state index < -0.39 is 0 Å². The van der Waals surface area contributed by atoms with Crippen LogP contribution in [0.1, 0.15) is 16.1 Å². The van der Waals surface area contributed by atoms with Crippen molar-refractivity contribution in [1.82, 2.24) is 4.68 Å². The smallest absolute Gasteiger partial charge is 0.212 e. The summed E-state index contributed by atoms with van der Waals surface area (Å²) in [5.41, 5.74) is 0.765. The van der Waals surface area contributed by atoms with Crippen molar-refractivity contribution >= 4 is 29.0 Å². The third-order valence-corrected chi connectivity index (χ3v) is 2.74. The molecule has 0 atom stereocenters. The Labute approximate surface area is 102 Å². The van der Waals surface area contributed by atoms with E-state index in [4.69, 9.17) is 29.0 Å². The van der Waals surface area contributed by atoms with Gasteiger partial charge in [-0.2, -0.15) is 0 Å². The number of carbonyl (C=O) groups excluding carboxylic acids is 1. The topological polar surface area (TPSA) is 48.0 Å². The quantitative estimate of drug-likeness (QED) is 0.662. The van der Waals surface area contributed by atoms with Crippen molar-refractivity contribution in [2.24, 2.45) is 0 Å². The number of nitrogens with zero attached hydrogens (tertiary/aromatic N) is 1. The lowest BCUT2D eigenvalue weighted by molar-refractivity contribution is 0.103. The van der Waals surface area contributed by atoms with E-state index in [9.17, 15) is 4.79 Å². The zero-order valence-corrected chi connectivity index (χ0v) is 9.66. The molecule has 0 saturated heterocycles. The summed E-state index contributed by atoms with van der Waals surface area (Å²) in [4.78, 5) is 12.0. The maximum Gasteiger partial charge on any atom is 0.212 e. The summed E-state index contributed by atoms with van der Waals surface area (Å²) in [5.74, 6) is 5.36. The number of aromatic nitrogens is 1. The van der Waals surface area contributed by atoms with Crippen molar-refractivity contribution in [2.45, 2.75) is 0 Å². The van der Waals surface area contributed by atoms with Crippen LogP contribution in [0, 0.1) is 0 Å². The minimum Gasteiger partial charge on any atom is -0.339 e. The van der Waals surface area contributed by atoms with Gasteiger partial charge in [0.25, 0.3) is 0 Å². The fraction of sp³-hybridized carbons (Fsp3) is 0. The van der Waals surface area contributed by atoms with Gasteiger partial charge in [-0.15, -0.1) is 0 Å². The highest BCUT2D eigenvalue weighted by Gasteiger charge is 2.15. The van der Waals surface area contributed by atoms with Gasteiger partial charge in [-0.25, -0.2) is 0 Å². The van der Waals surface area contributed by atoms with Gasteiger partial charge in [0.15, 0.2) is 0 Å². The highest BCUT2D eigenvalue weighted by molar-refractivity contribution is 6.37. The van der Waals surface area contributed by atoms with Gasteiger partial charge in [0, 0.05) is 16.8 Å². The van der Waals surface area contributed by atoms with E-state index in [-0.39, 0.29) is 5.78 Å². The Morgan fingerprint density at radius 3 is 2.56 bits per heavy atom. The van der Waals surface area contributed by atoms with Crippen LogP contribution in [-0.2, 0) is 0 Å². The lowest BCUT2D eigenvalue weighted by atomic mass is 10.1. The van der Waals surface area contributed by atoms with Crippen LogP contribution >= 0.6 is 23.2 Å². The number of rotatable bonds is 2. The molecule has 2 N–H and O–H groups in total. The second-order valence-corrected chi connectivity index (χ2v) is 4.10. The fourth-order valence-electron chi connectivity index (χ4n) is 1.40. The molecule has 2 aromatic rings. The maximum atomic E-state index is 12.0. The summed E-state index contributed by atoms with van der Waals surface area (Å²) in [6.07, 6.45) is 1.59. The van der Waals surface area contributed by atoms with Crippen LogP contribution < -0.4 is 5.84 Å². The highest BCUT2D eigenvalue weighted by Crippen LogP contribution is 2.23. The Bertz CT molecular complexity index is 549. The van der Waals surface area contributed by atoms with Gasteiger partial charge in [0.05, 0.1) is 5.02 Å². The average Bonchev–Trinajstić information content (AvgIpc) is 2.63. The maximum absolute atomic E-state index is 12.0. The molecule has 2 rings (SSSR count). The summed E-state index contributed by atoms with van der Waals surface area (Å²) < 4.78 is 1.26. The lowest BCUT2D eigenvalue weighted by Crippen LogP contribution is -2.16. The number of halogens is 2. The molecular weight excluding hydrogens is 247 g/mol. The van der Waals surface area contributed by atoms with Crippen molar-refractivity contribution in [3.8, 4) is 0 Å². The predicted octanol–water partition coefficient (Wildman–Crippen LogP) is 2.74.